The first-order chi connectivity index (χ1) is 17.2. The summed E-state index contributed by atoms with van der Waals surface area (Å²) in [4.78, 5) is 29.6. The summed E-state index contributed by atoms with van der Waals surface area (Å²) in [5, 5.41) is 0. The van der Waals surface area contributed by atoms with Crippen molar-refractivity contribution in [1.29, 1.82) is 0 Å². The summed E-state index contributed by atoms with van der Waals surface area (Å²) in [7, 11) is 0. The van der Waals surface area contributed by atoms with E-state index >= 15 is 0 Å². The van der Waals surface area contributed by atoms with E-state index in [1.807, 2.05) is 4.90 Å². The summed E-state index contributed by atoms with van der Waals surface area (Å²) in [6.45, 7) is 6.48. The van der Waals surface area contributed by atoms with Crippen molar-refractivity contribution in [1.82, 2.24) is 24.8 Å². The number of likely N-dealkylation sites (tertiary alicyclic amines) is 1. The molecule has 8 nitrogen and oxygen atoms in total. The molecule has 2 aromatic rings. The third-order valence-corrected chi connectivity index (χ3v) is 7.45. The van der Waals surface area contributed by atoms with E-state index in [1.54, 1.807) is 11.8 Å². The van der Waals surface area contributed by atoms with Crippen molar-refractivity contribution in [3.05, 3.63) is 36.2 Å². The fourth-order valence-electron chi connectivity index (χ4n) is 5.67. The number of pyridine rings is 1. The van der Waals surface area contributed by atoms with Crippen LogP contribution in [0.1, 0.15) is 31.9 Å². The molecule has 0 N–H and O–H groups in total. The lowest BCUT2D eigenvalue weighted by Crippen LogP contribution is -2.58. The van der Waals surface area contributed by atoms with E-state index in [2.05, 4.69) is 19.9 Å². The van der Waals surface area contributed by atoms with Crippen LogP contribution < -0.4 is 4.90 Å². The van der Waals surface area contributed by atoms with Crippen LogP contribution in [0.5, 0.6) is 0 Å². The van der Waals surface area contributed by atoms with Crippen molar-refractivity contribution in [2.75, 3.05) is 50.8 Å². The van der Waals surface area contributed by atoms with Crippen LogP contribution in [0.3, 0.4) is 0 Å². The number of hydrogen-bond acceptors (Lipinski definition) is 7. The number of halogens is 4. The third-order valence-electron chi connectivity index (χ3n) is 7.45. The lowest BCUT2D eigenvalue weighted by atomic mass is 9.78. The molecule has 4 heterocycles. The lowest BCUT2D eigenvalue weighted by molar-refractivity contribution is -0.141. The maximum atomic E-state index is 14.1. The molecule has 0 unspecified atom stereocenters. The van der Waals surface area contributed by atoms with Gasteiger partial charge in [-0.3, -0.25) is 9.88 Å². The summed E-state index contributed by atoms with van der Waals surface area (Å²) < 4.78 is 57.8. The summed E-state index contributed by atoms with van der Waals surface area (Å²) >= 11 is 0. The van der Waals surface area contributed by atoms with Gasteiger partial charge in [-0.05, 0) is 26.2 Å². The Bertz CT molecular complexity index is 1100. The van der Waals surface area contributed by atoms with Crippen molar-refractivity contribution < 1.29 is 27.1 Å². The predicted molar refractivity (Wildman–Crippen MR) is 123 cm³/mol. The molecule has 1 atom stereocenters. The average molecular weight is 509 g/mol. The maximum absolute atomic E-state index is 14.1. The maximum Gasteiger partial charge on any atom is 0.434 e. The quantitative estimate of drug-likeness (QED) is 0.581. The molecule has 0 bridgehead atoms. The van der Waals surface area contributed by atoms with Gasteiger partial charge in [0.1, 0.15) is 17.2 Å². The van der Waals surface area contributed by atoms with Crippen LogP contribution >= 0.6 is 0 Å². The zero-order valence-corrected chi connectivity index (χ0v) is 20.0. The number of nitrogens with zero attached hydrogens (tertiary/aromatic N) is 6. The SMILES string of the molecule is CCOC(=O)N1CC2(CC[C@@H](N3CCN(c4cc(F)cnc4-c4cnc(C(F)(F)F)cn4)CC3)C2)C1. The standard InChI is InChI=1S/C24H28F4N6O2/c1-2-36-22(35)34-14-23(15-34)4-3-17(10-23)32-5-7-33(8-6-32)19-9-16(25)11-31-21(19)18-12-30-20(13-29-18)24(26,27)28/h9,11-13,17H,2-8,10,14-15H2,1H3/t17-/m1/s1. The molecule has 5 rings (SSSR count). The number of aromatic nitrogens is 3. The van der Waals surface area contributed by atoms with Crippen molar-refractivity contribution in [3.63, 3.8) is 0 Å². The minimum absolute atomic E-state index is 0.161. The molecule has 194 valence electrons. The molecule has 3 fully saturated rings. The molecule has 1 amide bonds. The second-order valence-electron chi connectivity index (χ2n) is 9.78. The number of ether oxygens (including phenoxy) is 1. The van der Waals surface area contributed by atoms with Crippen LogP contribution in [-0.4, -0.2) is 82.8 Å². The van der Waals surface area contributed by atoms with Gasteiger partial charge in [-0.2, -0.15) is 13.2 Å². The molecular formula is C24H28F4N6O2. The first-order valence-corrected chi connectivity index (χ1v) is 12.1. The zero-order chi connectivity index (χ0) is 25.5. The number of anilines is 1. The van der Waals surface area contributed by atoms with E-state index in [-0.39, 0.29) is 17.2 Å². The van der Waals surface area contributed by atoms with Gasteiger partial charge in [0.15, 0.2) is 5.69 Å². The Morgan fingerprint density at radius 3 is 2.50 bits per heavy atom. The molecule has 36 heavy (non-hydrogen) atoms. The van der Waals surface area contributed by atoms with E-state index in [4.69, 9.17) is 4.74 Å². The molecule has 3 aliphatic rings. The summed E-state index contributed by atoms with van der Waals surface area (Å²) in [6.07, 6.45) is 1.10. The highest BCUT2D eigenvalue weighted by atomic mass is 19.4. The molecule has 1 aliphatic carbocycles. The van der Waals surface area contributed by atoms with Crippen LogP contribution in [-0.2, 0) is 10.9 Å². The Kier molecular flexibility index (Phi) is 6.48. The van der Waals surface area contributed by atoms with Crippen molar-refractivity contribution in [2.45, 2.75) is 38.4 Å². The highest BCUT2D eigenvalue weighted by Gasteiger charge is 2.51. The van der Waals surface area contributed by atoms with Crippen LogP contribution in [0.25, 0.3) is 11.4 Å². The fraction of sp³-hybridized carbons (Fsp3) is 0.583. The van der Waals surface area contributed by atoms with Gasteiger partial charge in [0.25, 0.3) is 0 Å². The molecule has 2 saturated heterocycles. The first-order valence-electron chi connectivity index (χ1n) is 12.1. The Labute approximate surface area is 206 Å². The Hall–Kier alpha value is -3.02. The normalized spacial score (nSPS) is 22.1. The largest absolute Gasteiger partial charge is 0.450 e. The smallest absolute Gasteiger partial charge is 0.434 e. The lowest BCUT2D eigenvalue weighted by Gasteiger charge is -2.48. The third kappa shape index (κ3) is 4.82. The van der Waals surface area contributed by atoms with Crippen molar-refractivity contribution in [2.24, 2.45) is 5.41 Å². The molecule has 12 heteroatoms. The van der Waals surface area contributed by atoms with E-state index in [1.165, 1.54) is 6.07 Å². The van der Waals surface area contributed by atoms with Gasteiger partial charge in [-0.25, -0.2) is 19.2 Å². The number of carbonyl (C=O) groups excluding carboxylic acids is 1. The highest BCUT2D eigenvalue weighted by molar-refractivity contribution is 5.72. The molecule has 1 spiro atoms. The van der Waals surface area contributed by atoms with E-state index in [0.717, 1.165) is 57.8 Å². The number of carbonyl (C=O) groups is 1. The number of piperazine rings is 1. The monoisotopic (exact) mass is 508 g/mol. The van der Waals surface area contributed by atoms with Crippen LogP contribution in [0.15, 0.2) is 24.7 Å². The fourth-order valence-corrected chi connectivity index (χ4v) is 5.67. The Balaban J connectivity index is 1.22. The van der Waals surface area contributed by atoms with Gasteiger partial charge in [0, 0.05) is 56.8 Å². The Morgan fingerprint density at radius 1 is 1.11 bits per heavy atom. The molecule has 1 saturated carbocycles. The summed E-state index contributed by atoms with van der Waals surface area (Å²) in [5.74, 6) is -0.523. The number of rotatable bonds is 4. The zero-order valence-electron chi connectivity index (χ0n) is 20.0. The summed E-state index contributed by atoms with van der Waals surface area (Å²) in [6, 6.07) is 1.78. The van der Waals surface area contributed by atoms with Gasteiger partial charge in [-0.1, -0.05) is 0 Å². The van der Waals surface area contributed by atoms with E-state index in [0.29, 0.717) is 43.3 Å². The van der Waals surface area contributed by atoms with E-state index < -0.39 is 17.7 Å². The molecule has 2 aliphatic heterocycles. The second-order valence-corrected chi connectivity index (χ2v) is 9.78. The van der Waals surface area contributed by atoms with Gasteiger partial charge in [-0.15, -0.1) is 0 Å². The minimum atomic E-state index is -4.59. The molecule has 0 radical (unpaired) electrons. The molecule has 0 aromatic carbocycles. The van der Waals surface area contributed by atoms with Gasteiger partial charge in [0.05, 0.1) is 30.9 Å². The Morgan fingerprint density at radius 2 is 1.86 bits per heavy atom. The van der Waals surface area contributed by atoms with Crippen molar-refractivity contribution >= 4 is 11.8 Å². The second kappa shape index (κ2) is 9.45. The van der Waals surface area contributed by atoms with Crippen LogP contribution in [0.4, 0.5) is 28.0 Å². The number of amides is 1. The molecule has 2 aromatic heterocycles. The van der Waals surface area contributed by atoms with Gasteiger partial charge >= 0.3 is 12.3 Å². The molecular weight excluding hydrogens is 480 g/mol. The predicted octanol–water partition coefficient (Wildman–Crippen LogP) is 3.83. The van der Waals surface area contributed by atoms with Crippen LogP contribution in [0, 0.1) is 11.2 Å². The first kappa shape index (κ1) is 24.7. The summed E-state index contributed by atoms with van der Waals surface area (Å²) in [5.41, 5.74) is 0.0502. The average Bonchev–Trinajstić information content (AvgIpc) is 3.29. The van der Waals surface area contributed by atoms with Crippen LogP contribution in [0.2, 0.25) is 0 Å². The van der Waals surface area contributed by atoms with Crippen molar-refractivity contribution in [3.8, 4) is 11.4 Å². The van der Waals surface area contributed by atoms with E-state index in [9.17, 15) is 22.4 Å². The number of alkyl halides is 3. The van der Waals surface area contributed by atoms with Gasteiger partial charge < -0.3 is 14.5 Å². The minimum Gasteiger partial charge on any atom is -0.450 e. The van der Waals surface area contributed by atoms with Gasteiger partial charge in [0.2, 0.25) is 0 Å². The highest BCUT2D eigenvalue weighted by Crippen LogP contribution is 2.47. The number of hydrogen-bond donors (Lipinski definition) is 0. The topological polar surface area (TPSA) is 74.7 Å².